The molecule has 0 aromatic carbocycles. The zero-order chi connectivity index (χ0) is 10.8. The van der Waals surface area contributed by atoms with E-state index in [0.717, 1.165) is 11.8 Å². The quantitative estimate of drug-likeness (QED) is 0.629. The highest BCUT2D eigenvalue weighted by Crippen LogP contribution is 2.39. The van der Waals surface area contributed by atoms with Crippen molar-refractivity contribution >= 4 is 0 Å². The lowest BCUT2D eigenvalue weighted by Gasteiger charge is -2.29. The van der Waals surface area contributed by atoms with Gasteiger partial charge in [0, 0.05) is 0 Å². The predicted molar refractivity (Wildman–Crippen MR) is 69.1 cm³/mol. The van der Waals surface area contributed by atoms with Gasteiger partial charge in [-0.15, -0.1) is 0 Å². The summed E-state index contributed by atoms with van der Waals surface area (Å²) in [5, 5.41) is 0. The topological polar surface area (TPSA) is 0 Å². The maximum absolute atomic E-state index is 2.42. The summed E-state index contributed by atoms with van der Waals surface area (Å²) in [7, 11) is 0. The Kier molecular flexibility index (Phi) is 2.82. The molecule has 0 heteroatoms. The highest BCUT2D eigenvalue weighted by Gasteiger charge is 2.25. The molecule has 3 aliphatic rings. The van der Waals surface area contributed by atoms with Crippen LogP contribution in [0.4, 0.5) is 0 Å². The minimum Gasteiger partial charge on any atom is -0.0805 e. The third-order valence-electron chi connectivity index (χ3n) is 4.32. The molecule has 0 aliphatic heterocycles. The molecule has 0 nitrogen and oxygen atoms in total. The standard InChI is InChI=1S/C16H20/c1-2-6-13(5-1)15-9-11-16(12-10-15)14-7-3-4-8-14/h1-3,5,7-8,15-16H,4,6,9-12H2. The van der Waals surface area contributed by atoms with Crippen LogP contribution in [0.2, 0.25) is 0 Å². The first-order valence-corrected chi connectivity index (χ1v) is 6.65. The minimum absolute atomic E-state index is 0.866. The van der Waals surface area contributed by atoms with E-state index in [4.69, 9.17) is 0 Å². The lowest BCUT2D eigenvalue weighted by atomic mass is 9.75. The van der Waals surface area contributed by atoms with Crippen LogP contribution in [0.15, 0.2) is 47.6 Å². The Bertz CT molecular complexity index is 371. The van der Waals surface area contributed by atoms with Crippen molar-refractivity contribution in [2.24, 2.45) is 11.8 Å². The van der Waals surface area contributed by atoms with Gasteiger partial charge in [0.1, 0.15) is 0 Å². The fourth-order valence-corrected chi connectivity index (χ4v) is 3.34. The maximum atomic E-state index is 2.42. The van der Waals surface area contributed by atoms with Crippen molar-refractivity contribution < 1.29 is 0 Å². The van der Waals surface area contributed by atoms with E-state index in [1.165, 1.54) is 38.5 Å². The van der Waals surface area contributed by atoms with Crippen molar-refractivity contribution in [2.75, 3.05) is 0 Å². The van der Waals surface area contributed by atoms with Gasteiger partial charge in [-0.05, 0) is 55.9 Å². The van der Waals surface area contributed by atoms with Crippen molar-refractivity contribution in [1.82, 2.24) is 0 Å². The summed E-state index contributed by atoms with van der Waals surface area (Å²) in [5.74, 6) is 1.75. The Morgan fingerprint density at radius 1 is 0.938 bits per heavy atom. The lowest BCUT2D eigenvalue weighted by molar-refractivity contribution is 0.335. The molecule has 0 unspecified atom stereocenters. The van der Waals surface area contributed by atoms with E-state index >= 15 is 0 Å². The molecule has 0 heterocycles. The molecule has 84 valence electrons. The number of hydrogen-bond donors (Lipinski definition) is 0. The largest absolute Gasteiger partial charge is 0.0805 e. The molecule has 0 bridgehead atoms. The van der Waals surface area contributed by atoms with E-state index in [-0.39, 0.29) is 0 Å². The molecule has 1 fully saturated rings. The fourth-order valence-electron chi connectivity index (χ4n) is 3.34. The van der Waals surface area contributed by atoms with Gasteiger partial charge in [-0.2, -0.15) is 0 Å². The molecule has 0 atom stereocenters. The third kappa shape index (κ3) is 1.93. The molecule has 0 saturated heterocycles. The molecule has 0 aromatic rings. The van der Waals surface area contributed by atoms with Crippen LogP contribution in [0.5, 0.6) is 0 Å². The van der Waals surface area contributed by atoms with Crippen LogP contribution in [0, 0.1) is 11.8 Å². The van der Waals surface area contributed by atoms with Crippen LogP contribution in [0.3, 0.4) is 0 Å². The zero-order valence-electron chi connectivity index (χ0n) is 9.86. The van der Waals surface area contributed by atoms with Gasteiger partial charge in [0.15, 0.2) is 0 Å². The van der Waals surface area contributed by atoms with Gasteiger partial charge >= 0.3 is 0 Å². The minimum atomic E-state index is 0.866. The van der Waals surface area contributed by atoms with Crippen molar-refractivity contribution in [3.05, 3.63) is 47.6 Å². The van der Waals surface area contributed by atoms with Crippen LogP contribution < -0.4 is 0 Å². The number of allylic oxidation sites excluding steroid dienone is 8. The highest BCUT2D eigenvalue weighted by atomic mass is 14.3. The summed E-state index contributed by atoms with van der Waals surface area (Å²) in [6.45, 7) is 0. The van der Waals surface area contributed by atoms with E-state index in [1.807, 2.05) is 0 Å². The van der Waals surface area contributed by atoms with E-state index in [9.17, 15) is 0 Å². The summed E-state index contributed by atoms with van der Waals surface area (Å²) >= 11 is 0. The molecule has 1 saturated carbocycles. The van der Waals surface area contributed by atoms with Crippen molar-refractivity contribution in [3.8, 4) is 0 Å². The summed E-state index contributed by atoms with van der Waals surface area (Å²) in [6.07, 6.45) is 21.9. The van der Waals surface area contributed by atoms with Crippen LogP contribution in [0.1, 0.15) is 38.5 Å². The Labute approximate surface area is 98.4 Å². The SMILES string of the molecule is C1=CCC(C2CCC(C3=CCC=C3)CC2)=C1. The molecule has 3 aliphatic carbocycles. The van der Waals surface area contributed by atoms with Crippen molar-refractivity contribution in [2.45, 2.75) is 38.5 Å². The average molecular weight is 212 g/mol. The molecular weight excluding hydrogens is 192 g/mol. The lowest BCUT2D eigenvalue weighted by Crippen LogP contribution is -2.16. The average Bonchev–Trinajstić information content (AvgIpc) is 3.03. The third-order valence-corrected chi connectivity index (χ3v) is 4.32. The van der Waals surface area contributed by atoms with Gasteiger partial charge in [-0.3, -0.25) is 0 Å². The molecule has 0 N–H and O–H groups in total. The fraction of sp³-hybridized carbons (Fsp3) is 0.500. The van der Waals surface area contributed by atoms with E-state index in [2.05, 4.69) is 36.5 Å². The second-order valence-electron chi connectivity index (χ2n) is 5.26. The Balaban J connectivity index is 1.57. The first kappa shape index (κ1) is 10.1. The summed E-state index contributed by atoms with van der Waals surface area (Å²) in [6, 6.07) is 0. The van der Waals surface area contributed by atoms with Crippen LogP contribution in [0.25, 0.3) is 0 Å². The first-order valence-electron chi connectivity index (χ1n) is 6.65. The van der Waals surface area contributed by atoms with Gasteiger partial charge in [0.25, 0.3) is 0 Å². The Morgan fingerprint density at radius 3 is 2.38 bits per heavy atom. The molecule has 0 amide bonds. The number of rotatable bonds is 2. The monoisotopic (exact) mass is 212 g/mol. The Morgan fingerprint density at radius 2 is 1.75 bits per heavy atom. The van der Waals surface area contributed by atoms with Gasteiger partial charge in [0.05, 0.1) is 0 Å². The normalized spacial score (nSPS) is 33.0. The summed E-state index contributed by atoms with van der Waals surface area (Å²) in [4.78, 5) is 0. The zero-order valence-corrected chi connectivity index (χ0v) is 9.86. The van der Waals surface area contributed by atoms with Crippen LogP contribution >= 0.6 is 0 Å². The van der Waals surface area contributed by atoms with Crippen LogP contribution in [-0.4, -0.2) is 0 Å². The molecule has 0 radical (unpaired) electrons. The van der Waals surface area contributed by atoms with E-state index in [1.54, 1.807) is 11.1 Å². The second-order valence-corrected chi connectivity index (χ2v) is 5.26. The first-order chi connectivity index (χ1) is 7.93. The molecular formula is C16H20. The van der Waals surface area contributed by atoms with Crippen molar-refractivity contribution in [1.29, 1.82) is 0 Å². The van der Waals surface area contributed by atoms with E-state index < -0.39 is 0 Å². The number of hydrogen-bond acceptors (Lipinski definition) is 0. The maximum Gasteiger partial charge on any atom is -0.0130 e. The van der Waals surface area contributed by atoms with Gasteiger partial charge in [0.2, 0.25) is 0 Å². The molecule has 3 rings (SSSR count). The summed E-state index contributed by atoms with van der Waals surface area (Å²) in [5.41, 5.74) is 3.31. The second kappa shape index (κ2) is 4.45. The molecule has 0 aromatic heterocycles. The smallest absolute Gasteiger partial charge is 0.0130 e. The van der Waals surface area contributed by atoms with Gasteiger partial charge in [-0.1, -0.05) is 42.0 Å². The molecule has 0 spiro atoms. The van der Waals surface area contributed by atoms with Gasteiger partial charge < -0.3 is 0 Å². The van der Waals surface area contributed by atoms with E-state index in [0.29, 0.717) is 0 Å². The summed E-state index contributed by atoms with van der Waals surface area (Å²) < 4.78 is 0. The predicted octanol–water partition coefficient (Wildman–Crippen LogP) is 4.57. The Hall–Kier alpha value is -1.04. The van der Waals surface area contributed by atoms with Gasteiger partial charge in [-0.25, -0.2) is 0 Å². The highest BCUT2D eigenvalue weighted by molar-refractivity contribution is 5.30. The van der Waals surface area contributed by atoms with Crippen molar-refractivity contribution in [3.63, 3.8) is 0 Å². The van der Waals surface area contributed by atoms with Crippen LogP contribution in [-0.2, 0) is 0 Å². The molecule has 16 heavy (non-hydrogen) atoms.